The van der Waals surface area contributed by atoms with E-state index in [1.54, 1.807) is 0 Å². The fraction of sp³-hybridized carbons (Fsp3) is 0.0682. The average Bonchev–Trinajstić information content (AvgIpc) is 3.54. The van der Waals surface area contributed by atoms with Gasteiger partial charge >= 0.3 is 0 Å². The number of aromatic nitrogens is 3. The molecule has 0 N–H and O–H groups in total. The largest absolute Gasteiger partial charge is 0.456 e. The van der Waals surface area contributed by atoms with Crippen molar-refractivity contribution in [3.8, 4) is 34.2 Å². The van der Waals surface area contributed by atoms with Gasteiger partial charge in [-0.15, -0.1) is 0 Å². The summed E-state index contributed by atoms with van der Waals surface area (Å²) in [5.41, 5.74) is 7.68. The molecule has 0 radical (unpaired) electrons. The Hall–Kier alpha value is -6.33. The molecular weight excluding hydrogens is 601 g/mol. The molecule has 0 aliphatic heterocycles. The Morgan fingerprint density at radius 2 is 1.29 bits per heavy atom. The van der Waals surface area contributed by atoms with Gasteiger partial charge in [0.05, 0.1) is 0 Å². The maximum absolute atomic E-state index is 6.60. The lowest BCUT2D eigenvalue weighted by atomic mass is 10.00. The van der Waals surface area contributed by atoms with Gasteiger partial charge in [0.25, 0.3) is 0 Å². The molecule has 8 aromatic rings. The SMILES string of the molecule is CC1C=CC(N(c2ccccc2)c2ccc3c(c2)oc2cccc(-c4nc(-c5ccccc5)nc(-c5cccc6ccccc56)n4)c23)=CC1. The summed E-state index contributed by atoms with van der Waals surface area (Å²) in [5, 5.41) is 4.23. The molecule has 234 valence electrons. The van der Waals surface area contributed by atoms with E-state index >= 15 is 0 Å². The third kappa shape index (κ3) is 5.26. The number of allylic oxidation sites excluding steroid dienone is 3. The first kappa shape index (κ1) is 28.9. The van der Waals surface area contributed by atoms with E-state index < -0.39 is 0 Å². The van der Waals surface area contributed by atoms with Crippen LogP contribution in [0.3, 0.4) is 0 Å². The van der Waals surface area contributed by atoms with Crippen LogP contribution in [0.2, 0.25) is 0 Å². The summed E-state index contributed by atoms with van der Waals surface area (Å²) in [6.45, 7) is 2.25. The van der Waals surface area contributed by atoms with Gasteiger partial charge in [-0.05, 0) is 59.5 Å². The number of nitrogens with zero attached hydrogens (tertiary/aromatic N) is 4. The van der Waals surface area contributed by atoms with Gasteiger partial charge in [-0.25, -0.2) is 15.0 Å². The molecule has 2 heterocycles. The topological polar surface area (TPSA) is 55.1 Å². The van der Waals surface area contributed by atoms with Gasteiger partial charge in [-0.2, -0.15) is 0 Å². The molecule has 0 saturated heterocycles. The van der Waals surface area contributed by atoms with E-state index in [2.05, 4.69) is 127 Å². The van der Waals surface area contributed by atoms with Crippen LogP contribution < -0.4 is 4.90 Å². The number of furan rings is 1. The number of hydrogen-bond donors (Lipinski definition) is 0. The van der Waals surface area contributed by atoms with Gasteiger partial charge in [0, 0.05) is 50.6 Å². The fourth-order valence-corrected chi connectivity index (χ4v) is 6.80. The van der Waals surface area contributed by atoms with Crippen LogP contribution in [0.15, 0.2) is 168 Å². The van der Waals surface area contributed by atoms with Crippen LogP contribution in [0.4, 0.5) is 11.4 Å². The van der Waals surface area contributed by atoms with Crippen molar-refractivity contribution in [3.05, 3.63) is 163 Å². The highest BCUT2D eigenvalue weighted by molar-refractivity contribution is 6.12. The Labute approximate surface area is 284 Å². The lowest BCUT2D eigenvalue weighted by Crippen LogP contribution is -2.17. The van der Waals surface area contributed by atoms with E-state index in [9.17, 15) is 0 Å². The van der Waals surface area contributed by atoms with Gasteiger partial charge in [0.15, 0.2) is 17.5 Å². The van der Waals surface area contributed by atoms with Crippen molar-refractivity contribution < 1.29 is 4.42 Å². The monoisotopic (exact) mass is 632 g/mol. The van der Waals surface area contributed by atoms with E-state index in [4.69, 9.17) is 19.4 Å². The molecule has 2 aromatic heterocycles. The first-order valence-electron chi connectivity index (χ1n) is 16.7. The second kappa shape index (κ2) is 12.0. The Morgan fingerprint density at radius 1 is 0.592 bits per heavy atom. The van der Waals surface area contributed by atoms with Gasteiger partial charge in [-0.3, -0.25) is 0 Å². The van der Waals surface area contributed by atoms with Crippen LogP contribution in [0.5, 0.6) is 0 Å². The van der Waals surface area contributed by atoms with Gasteiger partial charge < -0.3 is 9.32 Å². The average molecular weight is 633 g/mol. The molecule has 0 saturated carbocycles. The Morgan fingerprint density at radius 3 is 2.10 bits per heavy atom. The van der Waals surface area contributed by atoms with E-state index in [0.717, 1.165) is 72.9 Å². The normalized spacial score (nSPS) is 14.4. The first-order chi connectivity index (χ1) is 24.2. The van der Waals surface area contributed by atoms with E-state index in [1.165, 1.54) is 0 Å². The second-order valence-corrected chi connectivity index (χ2v) is 12.5. The highest BCUT2D eigenvalue weighted by Gasteiger charge is 2.21. The minimum atomic E-state index is 0.525. The van der Waals surface area contributed by atoms with Crippen LogP contribution in [0, 0.1) is 5.92 Å². The Kier molecular flexibility index (Phi) is 7.09. The zero-order chi connectivity index (χ0) is 32.7. The Balaban J connectivity index is 1.23. The molecule has 1 aliphatic carbocycles. The van der Waals surface area contributed by atoms with Crippen molar-refractivity contribution in [2.24, 2.45) is 5.92 Å². The summed E-state index contributed by atoms with van der Waals surface area (Å²) in [4.78, 5) is 17.6. The highest BCUT2D eigenvalue weighted by Crippen LogP contribution is 2.40. The predicted octanol–water partition coefficient (Wildman–Crippen LogP) is 11.5. The fourth-order valence-electron chi connectivity index (χ4n) is 6.80. The van der Waals surface area contributed by atoms with Crippen LogP contribution in [-0.4, -0.2) is 15.0 Å². The number of fused-ring (bicyclic) bond motifs is 4. The van der Waals surface area contributed by atoms with Crippen LogP contribution in [-0.2, 0) is 0 Å². The van der Waals surface area contributed by atoms with Crippen molar-refractivity contribution in [2.75, 3.05) is 4.90 Å². The third-order valence-corrected chi connectivity index (χ3v) is 9.24. The summed E-state index contributed by atoms with van der Waals surface area (Å²) < 4.78 is 6.60. The van der Waals surface area contributed by atoms with Crippen molar-refractivity contribution >= 4 is 44.1 Å². The van der Waals surface area contributed by atoms with Crippen molar-refractivity contribution in [3.63, 3.8) is 0 Å². The molecule has 1 unspecified atom stereocenters. The number of para-hydroxylation sites is 1. The van der Waals surface area contributed by atoms with E-state index in [1.807, 2.05) is 42.5 Å². The standard InChI is InChI=1S/C44H32N4O/c1-29-22-24-33(25-23-29)48(32-16-6-3-7-17-32)34-26-27-37-40(28-34)49-39-21-11-20-38(41(37)39)44-46-42(31-13-4-2-5-14-31)45-43(47-44)36-19-10-15-30-12-8-9-18-35(30)36/h2-22,24-29H,23H2,1H3. The van der Waals surface area contributed by atoms with E-state index in [-0.39, 0.29) is 0 Å². The maximum atomic E-state index is 6.60. The molecule has 1 atom stereocenters. The molecule has 0 bridgehead atoms. The lowest BCUT2D eigenvalue weighted by molar-refractivity contribution is 0.669. The molecular formula is C44H32N4O. The van der Waals surface area contributed by atoms with Crippen LogP contribution in [0.25, 0.3) is 66.9 Å². The molecule has 0 fully saturated rings. The molecule has 9 rings (SSSR count). The lowest BCUT2D eigenvalue weighted by Gasteiger charge is -2.28. The molecule has 0 spiro atoms. The quantitative estimate of drug-likeness (QED) is 0.183. The Bertz CT molecular complexity index is 2550. The zero-order valence-corrected chi connectivity index (χ0v) is 27.0. The van der Waals surface area contributed by atoms with Gasteiger partial charge in [0.1, 0.15) is 11.2 Å². The minimum absolute atomic E-state index is 0.525. The third-order valence-electron chi connectivity index (χ3n) is 9.24. The summed E-state index contributed by atoms with van der Waals surface area (Å²) in [5.74, 6) is 2.39. The molecule has 1 aliphatic rings. The summed E-state index contributed by atoms with van der Waals surface area (Å²) in [6, 6.07) is 47.8. The molecule has 5 nitrogen and oxygen atoms in total. The number of hydrogen-bond acceptors (Lipinski definition) is 5. The summed E-state index contributed by atoms with van der Waals surface area (Å²) in [6.07, 6.45) is 7.82. The van der Waals surface area contributed by atoms with Crippen molar-refractivity contribution in [1.29, 1.82) is 0 Å². The number of rotatable bonds is 6. The minimum Gasteiger partial charge on any atom is -0.456 e. The van der Waals surface area contributed by atoms with Crippen molar-refractivity contribution in [1.82, 2.24) is 15.0 Å². The van der Waals surface area contributed by atoms with Crippen molar-refractivity contribution in [2.45, 2.75) is 13.3 Å². The second-order valence-electron chi connectivity index (χ2n) is 12.5. The number of anilines is 2. The predicted molar refractivity (Wildman–Crippen MR) is 201 cm³/mol. The van der Waals surface area contributed by atoms with Gasteiger partial charge in [0.2, 0.25) is 0 Å². The van der Waals surface area contributed by atoms with Gasteiger partial charge in [-0.1, -0.05) is 122 Å². The van der Waals surface area contributed by atoms with E-state index in [0.29, 0.717) is 23.4 Å². The first-order valence-corrected chi connectivity index (χ1v) is 16.7. The van der Waals surface area contributed by atoms with Crippen LogP contribution in [0.1, 0.15) is 13.3 Å². The molecule has 49 heavy (non-hydrogen) atoms. The molecule has 5 heteroatoms. The zero-order valence-electron chi connectivity index (χ0n) is 27.0. The summed E-state index contributed by atoms with van der Waals surface area (Å²) >= 11 is 0. The highest BCUT2D eigenvalue weighted by atomic mass is 16.3. The number of benzene rings is 6. The molecule has 0 amide bonds. The smallest absolute Gasteiger partial charge is 0.164 e. The van der Waals surface area contributed by atoms with Crippen LogP contribution >= 0.6 is 0 Å². The molecule has 6 aromatic carbocycles. The maximum Gasteiger partial charge on any atom is 0.164 e. The summed E-state index contributed by atoms with van der Waals surface area (Å²) in [7, 11) is 0.